The Labute approximate surface area is 123 Å². The zero-order valence-electron chi connectivity index (χ0n) is 11.2. The van der Waals surface area contributed by atoms with Gasteiger partial charge in [0.25, 0.3) is 5.89 Å². The summed E-state index contributed by atoms with van der Waals surface area (Å²) in [6.07, 6.45) is 3.90. The lowest BCUT2D eigenvalue weighted by Crippen LogP contribution is -2.34. The number of aryl methyl sites for hydroxylation is 1. The molecule has 1 saturated carbocycles. The van der Waals surface area contributed by atoms with Crippen LogP contribution in [-0.4, -0.2) is 10.1 Å². The van der Waals surface area contributed by atoms with Crippen molar-refractivity contribution in [2.24, 2.45) is 5.73 Å². The van der Waals surface area contributed by atoms with Crippen molar-refractivity contribution in [1.82, 2.24) is 10.1 Å². The molecule has 1 aliphatic carbocycles. The van der Waals surface area contributed by atoms with Gasteiger partial charge in [-0.2, -0.15) is 4.98 Å². The molecule has 6 heteroatoms. The molecule has 0 aliphatic heterocycles. The molecule has 1 aromatic heterocycles. The smallest absolute Gasteiger partial charge is 0.258 e. The van der Waals surface area contributed by atoms with E-state index >= 15 is 0 Å². The standard InChI is InChI=1S/C14H16FN3O.ClH/c1-9-6-10(8-11(15)7-9)12-17-13(18-19-12)14(16)4-2-3-5-14;/h6-8H,2-5,16H2,1H3;1H. The molecule has 2 N–H and O–H groups in total. The minimum absolute atomic E-state index is 0. The van der Waals surface area contributed by atoms with E-state index in [0.717, 1.165) is 31.2 Å². The van der Waals surface area contributed by atoms with Crippen molar-refractivity contribution in [3.63, 3.8) is 0 Å². The van der Waals surface area contributed by atoms with Crippen molar-refractivity contribution < 1.29 is 8.91 Å². The molecule has 0 radical (unpaired) electrons. The molecule has 0 spiro atoms. The van der Waals surface area contributed by atoms with Gasteiger partial charge >= 0.3 is 0 Å². The van der Waals surface area contributed by atoms with Crippen molar-refractivity contribution in [2.75, 3.05) is 0 Å². The van der Waals surface area contributed by atoms with E-state index in [1.165, 1.54) is 12.1 Å². The summed E-state index contributed by atoms with van der Waals surface area (Å²) in [5.41, 5.74) is 7.20. The highest BCUT2D eigenvalue weighted by Gasteiger charge is 2.36. The molecule has 1 aliphatic rings. The summed E-state index contributed by atoms with van der Waals surface area (Å²) >= 11 is 0. The first-order valence-electron chi connectivity index (χ1n) is 6.47. The number of nitrogens with zero attached hydrogens (tertiary/aromatic N) is 2. The third-order valence-electron chi connectivity index (χ3n) is 3.66. The van der Waals surface area contributed by atoms with E-state index in [1.54, 1.807) is 0 Å². The first kappa shape index (κ1) is 14.9. The zero-order chi connectivity index (χ0) is 13.5. The van der Waals surface area contributed by atoms with E-state index in [0.29, 0.717) is 17.3 Å². The zero-order valence-corrected chi connectivity index (χ0v) is 12.0. The summed E-state index contributed by atoms with van der Waals surface area (Å²) < 4.78 is 18.6. The van der Waals surface area contributed by atoms with E-state index in [9.17, 15) is 4.39 Å². The van der Waals surface area contributed by atoms with E-state index in [2.05, 4.69) is 10.1 Å². The fourth-order valence-electron chi connectivity index (χ4n) is 2.63. The predicted octanol–water partition coefficient (Wildman–Crippen LogP) is 3.33. The molecule has 2 aromatic rings. The number of hydrogen-bond acceptors (Lipinski definition) is 4. The van der Waals surface area contributed by atoms with Crippen LogP contribution in [0, 0.1) is 12.7 Å². The summed E-state index contributed by atoms with van der Waals surface area (Å²) in [4.78, 5) is 4.35. The van der Waals surface area contributed by atoms with Crippen molar-refractivity contribution in [2.45, 2.75) is 38.1 Å². The average Bonchev–Trinajstić information content (AvgIpc) is 2.96. The minimum atomic E-state index is -0.482. The van der Waals surface area contributed by atoms with Crippen LogP contribution >= 0.6 is 12.4 Å². The molecule has 1 fully saturated rings. The molecule has 3 rings (SSSR count). The third-order valence-corrected chi connectivity index (χ3v) is 3.66. The number of halogens is 2. The van der Waals surface area contributed by atoms with Gasteiger partial charge in [0.1, 0.15) is 5.82 Å². The Bertz CT molecular complexity index is 588. The number of rotatable bonds is 2. The van der Waals surface area contributed by atoms with Gasteiger partial charge in [0.05, 0.1) is 5.54 Å². The highest BCUT2D eigenvalue weighted by Crippen LogP contribution is 2.35. The van der Waals surface area contributed by atoms with Crippen LogP contribution < -0.4 is 5.73 Å². The van der Waals surface area contributed by atoms with E-state index in [4.69, 9.17) is 10.3 Å². The minimum Gasteiger partial charge on any atom is -0.334 e. The van der Waals surface area contributed by atoms with Crippen molar-refractivity contribution in [3.8, 4) is 11.5 Å². The van der Waals surface area contributed by atoms with Gasteiger partial charge in [-0.15, -0.1) is 12.4 Å². The van der Waals surface area contributed by atoms with E-state index in [-0.39, 0.29) is 18.2 Å². The van der Waals surface area contributed by atoms with E-state index in [1.807, 2.05) is 13.0 Å². The molecular formula is C14H17ClFN3O. The van der Waals surface area contributed by atoms with Crippen LogP contribution in [-0.2, 0) is 5.54 Å². The molecule has 4 nitrogen and oxygen atoms in total. The average molecular weight is 298 g/mol. The summed E-state index contributed by atoms with van der Waals surface area (Å²) in [6.45, 7) is 1.82. The van der Waals surface area contributed by atoms with Crippen LogP contribution in [0.1, 0.15) is 37.1 Å². The Kier molecular flexibility index (Phi) is 4.11. The quantitative estimate of drug-likeness (QED) is 0.923. The van der Waals surface area contributed by atoms with Crippen molar-refractivity contribution in [1.29, 1.82) is 0 Å². The van der Waals surface area contributed by atoms with Crippen LogP contribution in [0.15, 0.2) is 22.7 Å². The summed E-state index contributed by atoms with van der Waals surface area (Å²) in [6, 6.07) is 4.67. The summed E-state index contributed by atoms with van der Waals surface area (Å²) in [5.74, 6) is 0.550. The molecule has 0 saturated heterocycles. The second-order valence-electron chi connectivity index (χ2n) is 5.30. The lowest BCUT2D eigenvalue weighted by molar-refractivity contribution is 0.372. The van der Waals surface area contributed by atoms with Crippen molar-refractivity contribution in [3.05, 3.63) is 35.4 Å². The first-order valence-corrected chi connectivity index (χ1v) is 6.47. The molecule has 0 atom stereocenters. The van der Waals surface area contributed by atoms with Crippen molar-refractivity contribution >= 4 is 12.4 Å². The largest absolute Gasteiger partial charge is 0.334 e. The van der Waals surface area contributed by atoms with E-state index < -0.39 is 5.54 Å². The number of nitrogens with two attached hydrogens (primary N) is 1. The van der Waals surface area contributed by atoms with Crippen LogP contribution in [0.5, 0.6) is 0 Å². The van der Waals surface area contributed by atoms with Gasteiger partial charge in [-0.05, 0) is 43.5 Å². The number of benzene rings is 1. The molecule has 0 unspecified atom stereocenters. The van der Waals surface area contributed by atoms with Gasteiger partial charge in [0.15, 0.2) is 5.82 Å². The van der Waals surface area contributed by atoms with Gasteiger partial charge in [-0.3, -0.25) is 0 Å². The van der Waals surface area contributed by atoms with Crippen LogP contribution in [0.25, 0.3) is 11.5 Å². The molecule has 108 valence electrons. The molecule has 20 heavy (non-hydrogen) atoms. The molecule has 1 heterocycles. The maximum atomic E-state index is 13.4. The molecule has 1 aromatic carbocycles. The van der Waals surface area contributed by atoms with Crippen LogP contribution in [0.4, 0.5) is 4.39 Å². The molecule has 0 amide bonds. The van der Waals surface area contributed by atoms with Gasteiger partial charge in [-0.1, -0.05) is 18.0 Å². The fourth-order valence-corrected chi connectivity index (χ4v) is 2.63. The topological polar surface area (TPSA) is 64.9 Å². The highest BCUT2D eigenvalue weighted by molar-refractivity contribution is 5.85. The lowest BCUT2D eigenvalue weighted by Gasteiger charge is -2.17. The second-order valence-corrected chi connectivity index (χ2v) is 5.30. The Balaban J connectivity index is 0.00000147. The van der Waals surface area contributed by atoms with Crippen LogP contribution in [0.3, 0.4) is 0 Å². The van der Waals surface area contributed by atoms with Crippen LogP contribution in [0.2, 0.25) is 0 Å². The highest BCUT2D eigenvalue weighted by atomic mass is 35.5. The van der Waals surface area contributed by atoms with Gasteiger partial charge in [0.2, 0.25) is 0 Å². The summed E-state index contributed by atoms with van der Waals surface area (Å²) in [7, 11) is 0. The number of aromatic nitrogens is 2. The maximum Gasteiger partial charge on any atom is 0.258 e. The second kappa shape index (κ2) is 5.50. The Morgan fingerprint density at radius 1 is 1.25 bits per heavy atom. The van der Waals surface area contributed by atoms with Gasteiger partial charge < -0.3 is 10.3 Å². The first-order chi connectivity index (χ1) is 9.07. The monoisotopic (exact) mass is 297 g/mol. The third kappa shape index (κ3) is 2.69. The van der Waals surface area contributed by atoms with Gasteiger partial charge in [-0.25, -0.2) is 4.39 Å². The molecule has 0 bridgehead atoms. The predicted molar refractivity (Wildman–Crippen MR) is 76.0 cm³/mol. The molecular weight excluding hydrogens is 281 g/mol. The Morgan fingerprint density at radius 3 is 2.60 bits per heavy atom. The Morgan fingerprint density at radius 2 is 1.95 bits per heavy atom. The normalized spacial score (nSPS) is 16.9. The lowest BCUT2D eigenvalue weighted by atomic mass is 9.98. The van der Waals surface area contributed by atoms with Gasteiger partial charge in [0, 0.05) is 5.56 Å². The fraction of sp³-hybridized carbons (Fsp3) is 0.429. The number of hydrogen-bond donors (Lipinski definition) is 1. The maximum absolute atomic E-state index is 13.4. The SMILES string of the molecule is Cc1cc(F)cc(-c2nc(C3(N)CCCC3)no2)c1.Cl. The Hall–Kier alpha value is -1.46. The summed E-state index contributed by atoms with van der Waals surface area (Å²) in [5, 5.41) is 3.97.